The lowest BCUT2D eigenvalue weighted by atomic mass is 9.98. The van der Waals surface area contributed by atoms with E-state index in [0.29, 0.717) is 11.6 Å². The molecule has 0 N–H and O–H groups in total. The molecule has 0 unspecified atom stereocenters. The van der Waals surface area contributed by atoms with Gasteiger partial charge in [-0.05, 0) is 42.7 Å². The summed E-state index contributed by atoms with van der Waals surface area (Å²) in [6.07, 6.45) is 2.46. The standard InChI is InChI=1S/C22H27NO/c1-22-19(13-14-24-2)20(22)15-21(18-11-7-4-8-12-18)23(22)16-17-9-5-3-6-10-17/h3-12,19-21H,13-16H2,1-2H3/t19-,20+,21-,22-/m1/s1. The maximum Gasteiger partial charge on any atom is 0.0465 e. The van der Waals surface area contributed by atoms with Crippen molar-refractivity contribution < 1.29 is 4.74 Å². The molecule has 2 fully saturated rings. The highest BCUT2D eigenvalue weighted by atomic mass is 16.5. The zero-order valence-corrected chi connectivity index (χ0v) is 14.7. The van der Waals surface area contributed by atoms with Crippen molar-refractivity contribution >= 4 is 0 Å². The quantitative estimate of drug-likeness (QED) is 0.766. The molecule has 1 aliphatic carbocycles. The summed E-state index contributed by atoms with van der Waals surface area (Å²) in [5.74, 6) is 1.59. The van der Waals surface area contributed by atoms with Gasteiger partial charge in [0.05, 0.1) is 0 Å². The molecule has 1 saturated heterocycles. The minimum Gasteiger partial charge on any atom is -0.385 e. The minimum atomic E-state index is 0.328. The number of nitrogens with zero attached hydrogens (tertiary/aromatic N) is 1. The van der Waals surface area contributed by atoms with E-state index in [1.807, 2.05) is 7.11 Å². The van der Waals surface area contributed by atoms with Crippen LogP contribution in [0.1, 0.15) is 36.9 Å². The molecular weight excluding hydrogens is 294 g/mol. The van der Waals surface area contributed by atoms with Crippen LogP contribution < -0.4 is 0 Å². The smallest absolute Gasteiger partial charge is 0.0465 e. The van der Waals surface area contributed by atoms with Crippen LogP contribution >= 0.6 is 0 Å². The Bertz CT molecular complexity index is 671. The fourth-order valence-electron chi connectivity index (χ4n) is 5.00. The van der Waals surface area contributed by atoms with Crippen molar-refractivity contribution in [3.05, 3.63) is 71.8 Å². The van der Waals surface area contributed by atoms with Crippen molar-refractivity contribution in [2.24, 2.45) is 11.8 Å². The molecule has 1 saturated carbocycles. The SMILES string of the molecule is COCC[C@@H]1[C@@H]2C[C@H](c3ccccc3)N(Cc3ccccc3)[C@]12C. The topological polar surface area (TPSA) is 12.5 Å². The van der Waals surface area contributed by atoms with Gasteiger partial charge in [-0.1, -0.05) is 60.7 Å². The number of methoxy groups -OCH3 is 1. The van der Waals surface area contributed by atoms with E-state index in [1.165, 1.54) is 24.0 Å². The summed E-state index contributed by atoms with van der Waals surface area (Å²) in [5, 5.41) is 0. The van der Waals surface area contributed by atoms with Gasteiger partial charge in [0, 0.05) is 31.8 Å². The highest BCUT2D eigenvalue weighted by molar-refractivity contribution is 5.30. The first-order valence-electron chi connectivity index (χ1n) is 9.09. The van der Waals surface area contributed by atoms with Gasteiger partial charge < -0.3 is 4.74 Å². The molecule has 126 valence electrons. The maximum atomic E-state index is 5.35. The highest BCUT2D eigenvalue weighted by Gasteiger charge is 2.69. The first-order chi connectivity index (χ1) is 11.7. The molecule has 2 nitrogen and oxygen atoms in total. The zero-order valence-electron chi connectivity index (χ0n) is 14.7. The molecule has 2 heteroatoms. The van der Waals surface area contributed by atoms with E-state index in [1.54, 1.807) is 0 Å². The molecule has 4 rings (SSSR count). The number of fused-ring (bicyclic) bond motifs is 1. The van der Waals surface area contributed by atoms with Crippen LogP contribution in [-0.4, -0.2) is 24.2 Å². The Hall–Kier alpha value is -1.64. The molecule has 0 aromatic heterocycles. The average molecular weight is 321 g/mol. The number of piperidine rings is 1. The van der Waals surface area contributed by atoms with Crippen LogP contribution in [0.25, 0.3) is 0 Å². The second-order valence-electron chi connectivity index (χ2n) is 7.50. The summed E-state index contributed by atoms with van der Waals surface area (Å²) < 4.78 is 5.35. The third-order valence-corrected chi connectivity index (χ3v) is 6.36. The molecule has 1 heterocycles. The first kappa shape index (κ1) is 15.9. The van der Waals surface area contributed by atoms with Gasteiger partial charge in [0.15, 0.2) is 0 Å². The molecule has 24 heavy (non-hydrogen) atoms. The molecular formula is C22H27NO. The Labute approximate surface area is 145 Å². The molecule has 0 bridgehead atoms. The molecule has 2 aliphatic rings. The Kier molecular flexibility index (Phi) is 4.19. The van der Waals surface area contributed by atoms with E-state index in [9.17, 15) is 0 Å². The lowest BCUT2D eigenvalue weighted by molar-refractivity contribution is 0.118. The minimum absolute atomic E-state index is 0.328. The Balaban J connectivity index is 1.60. The van der Waals surface area contributed by atoms with Crippen molar-refractivity contribution in [3.8, 4) is 0 Å². The van der Waals surface area contributed by atoms with Crippen LogP contribution in [0, 0.1) is 11.8 Å². The molecule has 4 atom stereocenters. The lowest BCUT2D eigenvalue weighted by Gasteiger charge is -2.34. The van der Waals surface area contributed by atoms with Gasteiger partial charge in [-0.15, -0.1) is 0 Å². The van der Waals surface area contributed by atoms with E-state index in [-0.39, 0.29) is 0 Å². The predicted octanol–water partition coefficient (Wildman–Crippen LogP) is 4.67. The van der Waals surface area contributed by atoms with Crippen molar-refractivity contribution in [1.29, 1.82) is 0 Å². The normalized spacial score (nSPS) is 31.8. The van der Waals surface area contributed by atoms with E-state index >= 15 is 0 Å². The largest absolute Gasteiger partial charge is 0.385 e. The number of rotatable bonds is 6. The third kappa shape index (κ3) is 2.58. The highest BCUT2D eigenvalue weighted by Crippen LogP contribution is 2.67. The molecule has 2 aromatic carbocycles. The van der Waals surface area contributed by atoms with Crippen molar-refractivity contribution in [3.63, 3.8) is 0 Å². The van der Waals surface area contributed by atoms with Crippen LogP contribution in [0.15, 0.2) is 60.7 Å². The second-order valence-corrected chi connectivity index (χ2v) is 7.50. The molecule has 0 amide bonds. The van der Waals surface area contributed by atoms with Crippen molar-refractivity contribution in [2.75, 3.05) is 13.7 Å². The van der Waals surface area contributed by atoms with Gasteiger partial charge in [-0.3, -0.25) is 4.90 Å². The van der Waals surface area contributed by atoms with Crippen LogP contribution in [0.5, 0.6) is 0 Å². The van der Waals surface area contributed by atoms with Gasteiger partial charge in [-0.25, -0.2) is 0 Å². The number of ether oxygens (including phenoxy) is 1. The molecule has 2 aromatic rings. The maximum absolute atomic E-state index is 5.35. The fourth-order valence-corrected chi connectivity index (χ4v) is 5.00. The number of hydrogen-bond acceptors (Lipinski definition) is 2. The Morgan fingerprint density at radius 3 is 2.38 bits per heavy atom. The van der Waals surface area contributed by atoms with Gasteiger partial charge in [0.2, 0.25) is 0 Å². The van der Waals surface area contributed by atoms with Crippen LogP contribution in [0.4, 0.5) is 0 Å². The first-order valence-corrected chi connectivity index (χ1v) is 9.09. The Morgan fingerprint density at radius 1 is 1.04 bits per heavy atom. The van der Waals surface area contributed by atoms with Crippen LogP contribution in [-0.2, 0) is 11.3 Å². The number of likely N-dealkylation sites (tertiary alicyclic amines) is 1. The van der Waals surface area contributed by atoms with Crippen LogP contribution in [0.2, 0.25) is 0 Å². The molecule has 0 radical (unpaired) electrons. The lowest BCUT2D eigenvalue weighted by Crippen LogP contribution is -2.36. The van der Waals surface area contributed by atoms with Crippen molar-refractivity contribution in [1.82, 2.24) is 4.90 Å². The zero-order chi connectivity index (χ0) is 16.6. The van der Waals surface area contributed by atoms with E-state index in [0.717, 1.165) is 25.0 Å². The molecule has 0 spiro atoms. The summed E-state index contributed by atoms with van der Waals surface area (Å²) in [4.78, 5) is 2.77. The van der Waals surface area contributed by atoms with Gasteiger partial charge in [0.1, 0.15) is 0 Å². The van der Waals surface area contributed by atoms with Gasteiger partial charge >= 0.3 is 0 Å². The monoisotopic (exact) mass is 321 g/mol. The summed E-state index contributed by atoms with van der Waals surface area (Å²) in [5.41, 5.74) is 3.21. The summed E-state index contributed by atoms with van der Waals surface area (Å²) in [6, 6.07) is 22.5. The number of hydrogen-bond donors (Lipinski definition) is 0. The van der Waals surface area contributed by atoms with E-state index < -0.39 is 0 Å². The second kappa shape index (κ2) is 6.34. The Morgan fingerprint density at radius 2 is 1.71 bits per heavy atom. The third-order valence-electron chi connectivity index (χ3n) is 6.36. The van der Waals surface area contributed by atoms with Crippen LogP contribution in [0.3, 0.4) is 0 Å². The molecule has 1 aliphatic heterocycles. The summed E-state index contributed by atoms with van der Waals surface area (Å²) in [6.45, 7) is 4.40. The van der Waals surface area contributed by atoms with E-state index in [2.05, 4.69) is 72.5 Å². The van der Waals surface area contributed by atoms with Crippen molar-refractivity contribution in [2.45, 2.75) is 37.9 Å². The summed E-state index contributed by atoms with van der Waals surface area (Å²) in [7, 11) is 1.81. The number of benzene rings is 2. The van der Waals surface area contributed by atoms with E-state index in [4.69, 9.17) is 4.74 Å². The predicted molar refractivity (Wildman–Crippen MR) is 97.7 cm³/mol. The summed E-state index contributed by atoms with van der Waals surface area (Å²) >= 11 is 0. The average Bonchev–Trinajstić information content (AvgIpc) is 3.08. The van der Waals surface area contributed by atoms with Gasteiger partial charge in [-0.2, -0.15) is 0 Å². The van der Waals surface area contributed by atoms with Gasteiger partial charge in [0.25, 0.3) is 0 Å². The fraction of sp³-hybridized carbons (Fsp3) is 0.455.